The summed E-state index contributed by atoms with van der Waals surface area (Å²) in [7, 11) is 0. The van der Waals surface area contributed by atoms with Crippen molar-refractivity contribution in [1.82, 2.24) is 0 Å². The minimum Gasteiger partial charge on any atom is -0.388 e. The van der Waals surface area contributed by atoms with Crippen molar-refractivity contribution in [1.29, 1.82) is 0 Å². The second-order valence-corrected chi connectivity index (χ2v) is 5.80. The van der Waals surface area contributed by atoms with Gasteiger partial charge in [0, 0.05) is 8.95 Å². The van der Waals surface area contributed by atoms with Crippen molar-refractivity contribution in [2.45, 2.75) is 32.8 Å². The SMILES string of the molecule is CCC(C)CC(O)c1cc(Br)cc(Br)c1. The Morgan fingerprint density at radius 3 is 2.20 bits per heavy atom. The molecule has 2 atom stereocenters. The first-order valence-corrected chi connectivity index (χ1v) is 6.75. The lowest BCUT2D eigenvalue weighted by Gasteiger charge is -2.15. The van der Waals surface area contributed by atoms with Crippen LogP contribution in [0.2, 0.25) is 0 Å². The molecule has 0 saturated carbocycles. The minimum atomic E-state index is -0.367. The molecule has 0 aliphatic carbocycles. The van der Waals surface area contributed by atoms with Gasteiger partial charge in [-0.1, -0.05) is 52.1 Å². The van der Waals surface area contributed by atoms with E-state index in [1.165, 1.54) is 0 Å². The number of aliphatic hydroxyl groups is 1. The van der Waals surface area contributed by atoms with Crippen LogP contribution in [0.15, 0.2) is 27.1 Å². The molecule has 0 heterocycles. The lowest BCUT2D eigenvalue weighted by Crippen LogP contribution is -2.03. The molecule has 1 N–H and O–H groups in total. The van der Waals surface area contributed by atoms with Crippen molar-refractivity contribution in [2.24, 2.45) is 5.92 Å². The van der Waals surface area contributed by atoms with E-state index in [4.69, 9.17) is 0 Å². The highest BCUT2D eigenvalue weighted by Gasteiger charge is 2.12. The molecular formula is C12H16Br2O. The van der Waals surface area contributed by atoms with E-state index >= 15 is 0 Å². The summed E-state index contributed by atoms with van der Waals surface area (Å²) in [5.74, 6) is 0.553. The molecule has 1 nitrogen and oxygen atoms in total. The molecule has 0 aliphatic rings. The summed E-state index contributed by atoms with van der Waals surface area (Å²) in [6.07, 6.45) is 1.56. The molecule has 0 saturated heterocycles. The predicted octanol–water partition coefficient (Wildman–Crippen LogP) is 4.68. The van der Waals surface area contributed by atoms with Gasteiger partial charge in [0.25, 0.3) is 0 Å². The van der Waals surface area contributed by atoms with Crippen LogP contribution in [0.1, 0.15) is 38.4 Å². The van der Waals surface area contributed by atoms with Gasteiger partial charge in [-0.05, 0) is 36.1 Å². The molecule has 0 spiro atoms. The molecule has 84 valence electrons. The van der Waals surface area contributed by atoms with Gasteiger partial charge in [0.15, 0.2) is 0 Å². The maximum absolute atomic E-state index is 10.0. The van der Waals surface area contributed by atoms with Crippen LogP contribution in [0.3, 0.4) is 0 Å². The van der Waals surface area contributed by atoms with Crippen LogP contribution in [0, 0.1) is 5.92 Å². The fourth-order valence-electron chi connectivity index (χ4n) is 1.45. The molecule has 1 aromatic rings. The quantitative estimate of drug-likeness (QED) is 0.846. The summed E-state index contributed by atoms with van der Waals surface area (Å²) in [6.45, 7) is 4.31. The minimum absolute atomic E-state index is 0.367. The molecule has 0 amide bonds. The highest BCUT2D eigenvalue weighted by molar-refractivity contribution is 9.11. The van der Waals surface area contributed by atoms with Gasteiger partial charge in [-0.3, -0.25) is 0 Å². The topological polar surface area (TPSA) is 20.2 Å². The standard InChI is InChI=1S/C12H16Br2O/c1-3-8(2)4-12(15)9-5-10(13)7-11(14)6-9/h5-8,12,15H,3-4H2,1-2H3. The molecule has 3 heteroatoms. The molecule has 0 aliphatic heterocycles. The van der Waals surface area contributed by atoms with Crippen LogP contribution in [0.5, 0.6) is 0 Å². The van der Waals surface area contributed by atoms with E-state index in [-0.39, 0.29) is 6.10 Å². The van der Waals surface area contributed by atoms with Crippen LogP contribution in [0.25, 0.3) is 0 Å². The lowest BCUT2D eigenvalue weighted by molar-refractivity contribution is 0.146. The van der Waals surface area contributed by atoms with Gasteiger partial charge >= 0.3 is 0 Å². The van der Waals surface area contributed by atoms with E-state index in [1.807, 2.05) is 18.2 Å². The zero-order chi connectivity index (χ0) is 11.4. The van der Waals surface area contributed by atoms with E-state index in [0.29, 0.717) is 5.92 Å². The number of aliphatic hydroxyl groups excluding tert-OH is 1. The first kappa shape index (κ1) is 13.2. The van der Waals surface area contributed by atoms with E-state index in [1.54, 1.807) is 0 Å². The van der Waals surface area contributed by atoms with Gasteiger partial charge in [-0.2, -0.15) is 0 Å². The lowest BCUT2D eigenvalue weighted by atomic mass is 9.96. The van der Waals surface area contributed by atoms with Gasteiger partial charge in [-0.25, -0.2) is 0 Å². The summed E-state index contributed by atoms with van der Waals surface area (Å²) in [5.41, 5.74) is 0.969. The summed E-state index contributed by atoms with van der Waals surface area (Å²) < 4.78 is 1.99. The second kappa shape index (κ2) is 6.02. The van der Waals surface area contributed by atoms with Crippen molar-refractivity contribution in [3.63, 3.8) is 0 Å². The van der Waals surface area contributed by atoms with Gasteiger partial charge < -0.3 is 5.11 Å². The molecule has 1 rings (SSSR count). The molecule has 0 bridgehead atoms. The average Bonchev–Trinajstić information content (AvgIpc) is 2.16. The Morgan fingerprint density at radius 1 is 1.20 bits per heavy atom. The monoisotopic (exact) mass is 334 g/mol. The largest absolute Gasteiger partial charge is 0.388 e. The first-order chi connectivity index (χ1) is 7.02. The molecule has 0 radical (unpaired) electrons. The highest BCUT2D eigenvalue weighted by Crippen LogP contribution is 2.28. The second-order valence-electron chi connectivity index (χ2n) is 3.97. The molecular weight excluding hydrogens is 320 g/mol. The Bertz CT molecular complexity index is 305. The van der Waals surface area contributed by atoms with E-state index < -0.39 is 0 Å². The molecule has 15 heavy (non-hydrogen) atoms. The summed E-state index contributed by atoms with van der Waals surface area (Å²) in [6, 6.07) is 5.91. The van der Waals surface area contributed by atoms with Crippen LogP contribution < -0.4 is 0 Å². The van der Waals surface area contributed by atoms with Crippen LogP contribution in [-0.4, -0.2) is 5.11 Å². The number of hydrogen-bond donors (Lipinski definition) is 1. The van der Waals surface area contributed by atoms with E-state index in [0.717, 1.165) is 27.4 Å². The Morgan fingerprint density at radius 2 is 1.73 bits per heavy atom. The smallest absolute Gasteiger partial charge is 0.0793 e. The molecule has 0 aromatic heterocycles. The van der Waals surface area contributed by atoms with Gasteiger partial charge in [0.2, 0.25) is 0 Å². The third-order valence-electron chi connectivity index (χ3n) is 2.59. The summed E-state index contributed by atoms with van der Waals surface area (Å²) in [4.78, 5) is 0. The van der Waals surface area contributed by atoms with Gasteiger partial charge in [-0.15, -0.1) is 0 Å². The average molecular weight is 336 g/mol. The Labute approximate surface area is 108 Å². The zero-order valence-corrected chi connectivity index (χ0v) is 12.2. The fraction of sp³-hybridized carbons (Fsp3) is 0.500. The molecule has 1 aromatic carbocycles. The third kappa shape index (κ3) is 4.25. The van der Waals surface area contributed by atoms with Crippen molar-refractivity contribution < 1.29 is 5.11 Å². The van der Waals surface area contributed by atoms with Crippen molar-refractivity contribution >= 4 is 31.9 Å². The maximum Gasteiger partial charge on any atom is 0.0793 e. The number of halogens is 2. The van der Waals surface area contributed by atoms with Gasteiger partial charge in [0.05, 0.1) is 6.10 Å². The number of hydrogen-bond acceptors (Lipinski definition) is 1. The highest BCUT2D eigenvalue weighted by atomic mass is 79.9. The first-order valence-electron chi connectivity index (χ1n) is 5.17. The van der Waals surface area contributed by atoms with Crippen LogP contribution in [0.4, 0.5) is 0 Å². The summed E-state index contributed by atoms with van der Waals surface area (Å²) in [5, 5.41) is 10.0. The molecule has 0 fully saturated rings. The Hall–Kier alpha value is 0.140. The van der Waals surface area contributed by atoms with E-state index in [2.05, 4.69) is 45.7 Å². The normalized spacial score (nSPS) is 15.0. The van der Waals surface area contributed by atoms with Crippen LogP contribution >= 0.6 is 31.9 Å². The van der Waals surface area contributed by atoms with Crippen molar-refractivity contribution in [3.05, 3.63) is 32.7 Å². The van der Waals surface area contributed by atoms with Crippen molar-refractivity contribution in [2.75, 3.05) is 0 Å². The number of rotatable bonds is 4. The maximum atomic E-state index is 10.0. The summed E-state index contributed by atoms with van der Waals surface area (Å²) >= 11 is 6.85. The Kier molecular flexibility index (Phi) is 5.30. The van der Waals surface area contributed by atoms with Crippen LogP contribution in [-0.2, 0) is 0 Å². The molecule has 2 unspecified atom stereocenters. The Balaban J connectivity index is 2.77. The van der Waals surface area contributed by atoms with Gasteiger partial charge in [0.1, 0.15) is 0 Å². The van der Waals surface area contributed by atoms with E-state index in [9.17, 15) is 5.11 Å². The predicted molar refractivity (Wildman–Crippen MR) is 70.9 cm³/mol. The number of benzene rings is 1. The van der Waals surface area contributed by atoms with Crippen molar-refractivity contribution in [3.8, 4) is 0 Å². The third-order valence-corrected chi connectivity index (χ3v) is 3.51. The fourth-order valence-corrected chi connectivity index (χ4v) is 2.78. The zero-order valence-electron chi connectivity index (χ0n) is 9.00.